The van der Waals surface area contributed by atoms with Crippen LogP contribution in [-0.4, -0.2) is 26.4 Å². The summed E-state index contributed by atoms with van der Waals surface area (Å²) in [5, 5.41) is 4.20. The van der Waals surface area contributed by atoms with Gasteiger partial charge in [-0.05, 0) is 12.1 Å². The molecule has 0 atom stereocenters. The van der Waals surface area contributed by atoms with E-state index in [1.807, 2.05) is 10.9 Å². The highest BCUT2D eigenvalue weighted by atomic mass is 31.2. The first-order chi connectivity index (χ1) is 9.99. The van der Waals surface area contributed by atoms with Crippen LogP contribution in [0.3, 0.4) is 0 Å². The number of hydrazine groups is 2. The molecule has 116 valence electrons. The fraction of sp³-hybridized carbons (Fsp3) is 0.200. The van der Waals surface area contributed by atoms with Gasteiger partial charge in [0, 0.05) is 0 Å². The summed E-state index contributed by atoms with van der Waals surface area (Å²) in [6, 6.07) is 8.11. The van der Waals surface area contributed by atoms with Gasteiger partial charge in [-0.15, -0.1) is 10.4 Å². The van der Waals surface area contributed by atoms with E-state index in [1.165, 1.54) is 12.1 Å². The van der Waals surface area contributed by atoms with Gasteiger partial charge in [-0.2, -0.15) is 0 Å². The van der Waals surface area contributed by atoms with Crippen molar-refractivity contribution < 1.29 is 28.2 Å². The molecule has 1 rings (SSSR count). The van der Waals surface area contributed by atoms with Crippen molar-refractivity contribution in [3.8, 4) is 5.75 Å². The van der Waals surface area contributed by atoms with E-state index in [0.717, 1.165) is 14.2 Å². The summed E-state index contributed by atoms with van der Waals surface area (Å²) in [6.07, 6.45) is -1.79. The summed E-state index contributed by atoms with van der Waals surface area (Å²) in [7, 11) is -1.65. The number of carbonyl (C=O) groups is 2. The van der Waals surface area contributed by atoms with Crippen molar-refractivity contribution in [3.05, 3.63) is 30.3 Å². The minimum atomic E-state index is -3.90. The minimum Gasteiger partial charge on any atom is -0.452 e. The van der Waals surface area contributed by atoms with E-state index in [-0.39, 0.29) is 5.75 Å². The van der Waals surface area contributed by atoms with Crippen LogP contribution in [0.15, 0.2) is 30.3 Å². The zero-order valence-corrected chi connectivity index (χ0v) is 12.2. The summed E-state index contributed by atoms with van der Waals surface area (Å²) in [4.78, 5) is 22.0. The van der Waals surface area contributed by atoms with Gasteiger partial charge in [-0.1, -0.05) is 18.2 Å². The molecule has 0 fully saturated rings. The number of amides is 2. The van der Waals surface area contributed by atoms with E-state index >= 15 is 0 Å². The first kappa shape index (κ1) is 16.8. The van der Waals surface area contributed by atoms with E-state index in [1.54, 1.807) is 18.2 Å². The number of hydrogen-bond acceptors (Lipinski definition) is 6. The molecule has 0 bridgehead atoms. The molecular weight excluding hydrogens is 303 g/mol. The Labute approximate surface area is 120 Å². The first-order valence-corrected chi connectivity index (χ1v) is 7.18. The highest BCUT2D eigenvalue weighted by Gasteiger charge is 2.26. The summed E-state index contributed by atoms with van der Waals surface area (Å²) in [5.74, 6) is 0.235. The molecule has 11 heteroatoms. The maximum Gasteiger partial charge on any atom is 0.425 e. The summed E-state index contributed by atoms with van der Waals surface area (Å²) < 4.78 is 26.3. The van der Waals surface area contributed by atoms with E-state index in [0.29, 0.717) is 0 Å². The van der Waals surface area contributed by atoms with Crippen LogP contribution in [0.25, 0.3) is 0 Å². The lowest BCUT2D eigenvalue weighted by molar-refractivity contribution is 0.167. The average Bonchev–Trinajstić information content (AvgIpc) is 2.51. The normalized spacial score (nSPS) is 10.4. The number of carbonyl (C=O) groups excluding carboxylic acids is 2. The van der Waals surface area contributed by atoms with Gasteiger partial charge in [-0.25, -0.2) is 25.0 Å². The van der Waals surface area contributed by atoms with Gasteiger partial charge >= 0.3 is 19.9 Å². The smallest absolute Gasteiger partial charge is 0.425 e. The third-order valence-corrected chi connectivity index (χ3v) is 3.24. The first-order valence-electron chi connectivity index (χ1n) is 5.56. The van der Waals surface area contributed by atoms with Gasteiger partial charge in [0.25, 0.3) is 0 Å². The van der Waals surface area contributed by atoms with Crippen LogP contribution >= 0.6 is 7.67 Å². The summed E-state index contributed by atoms with van der Waals surface area (Å²) >= 11 is 0. The summed E-state index contributed by atoms with van der Waals surface area (Å²) in [6.45, 7) is 0. The zero-order chi connectivity index (χ0) is 15.7. The lowest BCUT2D eigenvalue weighted by atomic mass is 10.3. The van der Waals surface area contributed by atoms with Gasteiger partial charge in [0.2, 0.25) is 0 Å². The number of methoxy groups -OCH3 is 2. The molecule has 2 amide bonds. The molecule has 1 aromatic rings. The maximum absolute atomic E-state index is 12.4. The Morgan fingerprint density at radius 2 is 1.43 bits per heavy atom. The van der Waals surface area contributed by atoms with Crippen molar-refractivity contribution in [2.24, 2.45) is 0 Å². The molecule has 0 unspecified atom stereocenters. The van der Waals surface area contributed by atoms with E-state index in [4.69, 9.17) is 4.52 Å². The van der Waals surface area contributed by atoms with Crippen LogP contribution < -0.4 is 25.8 Å². The van der Waals surface area contributed by atoms with Gasteiger partial charge in [-0.3, -0.25) is 0 Å². The van der Waals surface area contributed by atoms with Crippen LogP contribution in [-0.2, 0) is 14.0 Å². The van der Waals surface area contributed by atoms with E-state index in [2.05, 4.69) is 19.9 Å². The second-order valence-corrected chi connectivity index (χ2v) is 5.15. The molecule has 0 radical (unpaired) electrons. The van der Waals surface area contributed by atoms with Crippen molar-refractivity contribution in [3.63, 3.8) is 0 Å². The summed E-state index contributed by atoms with van der Waals surface area (Å²) in [5.41, 5.74) is 3.96. The number of hydrogen-bond donors (Lipinski definition) is 4. The second-order valence-electron chi connectivity index (χ2n) is 3.41. The molecule has 4 N–H and O–H groups in total. The number of rotatable bonds is 6. The van der Waals surface area contributed by atoms with Gasteiger partial charge in [0.05, 0.1) is 14.2 Å². The molecule has 0 saturated carbocycles. The maximum atomic E-state index is 12.4. The van der Waals surface area contributed by atoms with Crippen LogP contribution in [0.1, 0.15) is 0 Å². The molecule has 1 aromatic carbocycles. The fourth-order valence-corrected chi connectivity index (χ4v) is 2.09. The number of benzene rings is 1. The molecule has 0 aliphatic rings. The van der Waals surface area contributed by atoms with Crippen LogP contribution in [0.2, 0.25) is 0 Å². The third kappa shape index (κ3) is 6.13. The highest BCUT2D eigenvalue weighted by Crippen LogP contribution is 2.36. The van der Waals surface area contributed by atoms with E-state index in [9.17, 15) is 14.2 Å². The van der Waals surface area contributed by atoms with Crippen LogP contribution in [0.5, 0.6) is 5.75 Å². The Hall–Kier alpha value is -2.29. The number of para-hydroxylation sites is 1. The molecule has 0 heterocycles. The zero-order valence-electron chi connectivity index (χ0n) is 11.3. The predicted octanol–water partition coefficient (Wildman–Crippen LogP) is 0.895. The predicted molar refractivity (Wildman–Crippen MR) is 72.0 cm³/mol. The fourth-order valence-electron chi connectivity index (χ4n) is 1.04. The molecule has 21 heavy (non-hydrogen) atoms. The van der Waals surface area contributed by atoms with Crippen LogP contribution in [0, 0.1) is 0 Å². The average molecular weight is 318 g/mol. The van der Waals surface area contributed by atoms with Crippen LogP contribution in [0.4, 0.5) is 9.59 Å². The van der Waals surface area contributed by atoms with Crippen molar-refractivity contribution >= 4 is 19.9 Å². The Morgan fingerprint density at radius 1 is 0.952 bits per heavy atom. The molecule has 0 saturated heterocycles. The molecule has 10 nitrogen and oxygen atoms in total. The Balaban J connectivity index is 2.75. The molecule has 0 aromatic heterocycles. The highest BCUT2D eigenvalue weighted by molar-refractivity contribution is 7.55. The molecule has 0 spiro atoms. The lowest BCUT2D eigenvalue weighted by Crippen LogP contribution is -2.45. The van der Waals surface area contributed by atoms with Gasteiger partial charge in [0.15, 0.2) is 0 Å². The molecular formula is C10H15N4O6P. The Morgan fingerprint density at radius 3 is 1.86 bits per heavy atom. The van der Waals surface area contributed by atoms with Gasteiger partial charge < -0.3 is 14.0 Å². The Bertz CT molecular complexity index is 502. The quantitative estimate of drug-likeness (QED) is 0.450. The number of nitrogens with one attached hydrogen (secondary N) is 4. The van der Waals surface area contributed by atoms with Crippen molar-refractivity contribution in [2.45, 2.75) is 0 Å². The molecule has 0 aliphatic carbocycles. The minimum absolute atomic E-state index is 0.235. The van der Waals surface area contributed by atoms with E-state index < -0.39 is 19.9 Å². The SMILES string of the molecule is COC(=O)NNP(=O)(NNC(=O)OC)Oc1ccccc1. The number of ether oxygens (including phenoxy) is 2. The van der Waals surface area contributed by atoms with Crippen molar-refractivity contribution in [1.82, 2.24) is 21.2 Å². The standard InChI is InChI=1S/C10H15N4O6P/c1-18-9(15)11-13-21(17,14-12-10(16)19-2)20-8-6-4-3-5-7-8/h3-7H,1-2H3,(H,11,15)(H,12,16)(H2,13,14,17). The van der Waals surface area contributed by atoms with Crippen molar-refractivity contribution in [1.29, 1.82) is 0 Å². The van der Waals surface area contributed by atoms with Gasteiger partial charge in [0.1, 0.15) is 5.75 Å². The Kier molecular flexibility index (Phi) is 6.47. The third-order valence-electron chi connectivity index (χ3n) is 1.96. The topological polar surface area (TPSA) is 127 Å². The largest absolute Gasteiger partial charge is 0.452 e. The van der Waals surface area contributed by atoms with Crippen molar-refractivity contribution in [2.75, 3.05) is 14.2 Å². The monoisotopic (exact) mass is 318 g/mol. The second kappa shape index (κ2) is 8.10. The molecule has 0 aliphatic heterocycles. The lowest BCUT2D eigenvalue weighted by Gasteiger charge is -2.20.